The minimum atomic E-state index is -3.27. The number of rotatable bonds is 1. The third kappa shape index (κ3) is 1.91. The zero-order chi connectivity index (χ0) is 8.48. The molecule has 0 aromatic carbocycles. The normalized spacial score (nSPS) is 11.4. The van der Waals surface area contributed by atoms with Gasteiger partial charge in [-0.15, -0.1) is 0 Å². The summed E-state index contributed by atoms with van der Waals surface area (Å²) in [6.45, 7) is 0. The first kappa shape index (κ1) is 8.00. The van der Waals surface area contributed by atoms with Gasteiger partial charge in [0.2, 0.25) is 0 Å². The Morgan fingerprint density at radius 2 is 2.27 bits per heavy atom. The van der Waals surface area contributed by atoms with Crippen molar-refractivity contribution in [2.24, 2.45) is 0 Å². The highest BCUT2D eigenvalue weighted by Gasteiger charge is 2.07. The maximum Gasteiger partial charge on any atom is 0.193 e. The summed E-state index contributed by atoms with van der Waals surface area (Å²) in [5, 5.41) is -0.113. The van der Waals surface area contributed by atoms with E-state index in [2.05, 4.69) is 11.1 Å². The summed E-state index contributed by atoms with van der Waals surface area (Å²) in [5.41, 5.74) is 5.26. The van der Waals surface area contributed by atoms with Gasteiger partial charge in [-0.05, 0) is 12.1 Å². The molecule has 0 bridgehead atoms. The van der Waals surface area contributed by atoms with E-state index in [1.807, 2.05) is 0 Å². The highest BCUT2D eigenvalue weighted by Crippen LogP contribution is 2.05. The van der Waals surface area contributed by atoms with Crippen LogP contribution in [0.15, 0.2) is 17.2 Å². The molecule has 4 nitrogen and oxygen atoms in total. The van der Waals surface area contributed by atoms with E-state index in [1.165, 1.54) is 12.1 Å². The van der Waals surface area contributed by atoms with E-state index in [1.54, 1.807) is 0 Å². The lowest BCUT2D eigenvalue weighted by Crippen LogP contribution is -2.02. The van der Waals surface area contributed by atoms with Crippen molar-refractivity contribution in [2.45, 2.75) is 5.03 Å². The van der Waals surface area contributed by atoms with Crippen molar-refractivity contribution in [1.82, 2.24) is 4.98 Å². The fraction of sp³-hybridized carbons (Fsp3) is 0.167. The van der Waals surface area contributed by atoms with Crippen LogP contribution >= 0.6 is 0 Å². The number of hydrogen-bond acceptors (Lipinski definition) is 4. The maximum atomic E-state index is 10.8. The van der Waals surface area contributed by atoms with Gasteiger partial charge in [0.25, 0.3) is 0 Å². The molecule has 0 fully saturated rings. The minimum absolute atomic E-state index is 0.113. The second-order valence-electron chi connectivity index (χ2n) is 2.09. The number of aromatic nitrogens is 1. The number of nitrogen functional groups attached to an aromatic ring is 1. The average molecular weight is 171 g/mol. The van der Waals surface area contributed by atoms with Gasteiger partial charge in [-0.1, -0.05) is 0 Å². The first-order valence-electron chi connectivity index (χ1n) is 2.84. The van der Waals surface area contributed by atoms with Crippen LogP contribution in [-0.2, 0) is 9.84 Å². The standard InChI is InChI=1S/C6H7N2O2S/c1-11(9,10)6-4-2-3-5(7)8-6/h2-3H,1H3,(H2,7,8). The molecule has 1 aromatic rings. The summed E-state index contributed by atoms with van der Waals surface area (Å²) in [7, 11) is -3.27. The van der Waals surface area contributed by atoms with Crippen molar-refractivity contribution in [1.29, 1.82) is 0 Å². The first-order valence-corrected chi connectivity index (χ1v) is 4.73. The molecule has 0 spiro atoms. The van der Waals surface area contributed by atoms with Gasteiger partial charge >= 0.3 is 0 Å². The number of hydrogen-bond donors (Lipinski definition) is 1. The van der Waals surface area contributed by atoms with E-state index in [0.717, 1.165) is 6.26 Å². The molecule has 1 heterocycles. The average Bonchev–Trinajstić information content (AvgIpc) is 1.86. The Hall–Kier alpha value is -1.10. The number of nitrogens with two attached hydrogens (primary N) is 1. The van der Waals surface area contributed by atoms with Crippen LogP contribution in [0.3, 0.4) is 0 Å². The molecule has 11 heavy (non-hydrogen) atoms. The summed E-state index contributed by atoms with van der Waals surface area (Å²) in [6, 6.07) is 5.38. The Kier molecular flexibility index (Phi) is 1.82. The molecule has 0 aliphatic rings. The smallest absolute Gasteiger partial charge is 0.193 e. The van der Waals surface area contributed by atoms with Gasteiger partial charge in [-0.3, -0.25) is 0 Å². The van der Waals surface area contributed by atoms with Crippen LogP contribution in [0.1, 0.15) is 0 Å². The molecule has 1 radical (unpaired) electrons. The Bertz CT molecular complexity index is 359. The minimum Gasteiger partial charge on any atom is -0.384 e. The lowest BCUT2D eigenvalue weighted by molar-refractivity contribution is 0.598. The number of anilines is 1. The third-order valence-electron chi connectivity index (χ3n) is 1.04. The monoisotopic (exact) mass is 171 g/mol. The molecule has 5 heteroatoms. The molecule has 1 aromatic heterocycles. The molecule has 59 valence electrons. The number of nitrogens with zero attached hydrogens (tertiary/aromatic N) is 1. The van der Waals surface area contributed by atoms with Crippen molar-refractivity contribution in [2.75, 3.05) is 12.0 Å². The Morgan fingerprint density at radius 3 is 2.64 bits per heavy atom. The van der Waals surface area contributed by atoms with E-state index in [-0.39, 0.29) is 10.8 Å². The van der Waals surface area contributed by atoms with Gasteiger partial charge in [0.15, 0.2) is 14.9 Å². The van der Waals surface area contributed by atoms with Gasteiger partial charge in [-0.25, -0.2) is 13.4 Å². The van der Waals surface area contributed by atoms with Gasteiger partial charge in [0.05, 0.1) is 0 Å². The van der Waals surface area contributed by atoms with E-state index >= 15 is 0 Å². The first-order chi connectivity index (χ1) is 5.00. The molecule has 0 unspecified atom stereocenters. The highest BCUT2D eigenvalue weighted by atomic mass is 32.2. The molecule has 1 rings (SSSR count). The summed E-state index contributed by atoms with van der Waals surface area (Å²) in [4.78, 5) is 3.58. The topological polar surface area (TPSA) is 73.0 Å². The van der Waals surface area contributed by atoms with Gasteiger partial charge in [-0.2, -0.15) is 0 Å². The fourth-order valence-corrected chi connectivity index (χ4v) is 1.13. The molecular formula is C6H7N2O2S. The third-order valence-corrected chi connectivity index (χ3v) is 1.95. The molecule has 2 N–H and O–H groups in total. The zero-order valence-corrected chi connectivity index (χ0v) is 6.72. The highest BCUT2D eigenvalue weighted by molar-refractivity contribution is 7.90. The predicted octanol–water partition coefficient (Wildman–Crippen LogP) is -0.133. The van der Waals surface area contributed by atoms with Crippen LogP contribution in [0, 0.1) is 6.07 Å². The van der Waals surface area contributed by atoms with Crippen LogP contribution in [0.4, 0.5) is 5.82 Å². The van der Waals surface area contributed by atoms with Crippen molar-refractivity contribution in [3.63, 3.8) is 0 Å². The summed E-state index contributed by atoms with van der Waals surface area (Å²) >= 11 is 0. The van der Waals surface area contributed by atoms with Crippen molar-refractivity contribution in [3.8, 4) is 0 Å². The fourth-order valence-electron chi connectivity index (χ4n) is 0.575. The molecule has 0 saturated heterocycles. The summed E-state index contributed by atoms with van der Waals surface area (Å²) in [5.74, 6) is 0.184. The van der Waals surface area contributed by atoms with Crippen LogP contribution in [-0.4, -0.2) is 19.7 Å². The van der Waals surface area contributed by atoms with Crippen LogP contribution < -0.4 is 5.73 Å². The largest absolute Gasteiger partial charge is 0.384 e. The quantitative estimate of drug-likeness (QED) is 0.638. The molecular weight excluding hydrogens is 164 g/mol. The van der Waals surface area contributed by atoms with E-state index in [9.17, 15) is 8.42 Å². The maximum absolute atomic E-state index is 10.8. The SMILES string of the molecule is CS(=O)(=O)c1[c]ccc(N)n1. The Balaban J connectivity index is 3.28. The van der Waals surface area contributed by atoms with Gasteiger partial charge < -0.3 is 5.73 Å². The number of pyridine rings is 1. The molecule has 0 saturated carbocycles. The van der Waals surface area contributed by atoms with Crippen molar-refractivity contribution in [3.05, 3.63) is 18.2 Å². The van der Waals surface area contributed by atoms with Crippen molar-refractivity contribution >= 4 is 15.7 Å². The summed E-state index contributed by atoms with van der Waals surface area (Å²) in [6.07, 6.45) is 1.06. The second kappa shape index (κ2) is 2.50. The molecule has 0 atom stereocenters. The van der Waals surface area contributed by atoms with Crippen molar-refractivity contribution < 1.29 is 8.42 Å². The zero-order valence-electron chi connectivity index (χ0n) is 5.90. The van der Waals surface area contributed by atoms with Crippen LogP contribution in [0.2, 0.25) is 0 Å². The van der Waals surface area contributed by atoms with Gasteiger partial charge in [0, 0.05) is 12.3 Å². The second-order valence-corrected chi connectivity index (χ2v) is 4.02. The lowest BCUT2D eigenvalue weighted by Gasteiger charge is -1.95. The van der Waals surface area contributed by atoms with Crippen LogP contribution in [0.25, 0.3) is 0 Å². The van der Waals surface area contributed by atoms with E-state index in [0.29, 0.717) is 0 Å². The Labute approximate surface area is 65.0 Å². The van der Waals surface area contributed by atoms with E-state index in [4.69, 9.17) is 5.73 Å². The van der Waals surface area contributed by atoms with E-state index < -0.39 is 9.84 Å². The molecule has 0 aliphatic carbocycles. The number of sulfone groups is 1. The molecule has 0 aliphatic heterocycles. The predicted molar refractivity (Wildman–Crippen MR) is 40.6 cm³/mol. The summed E-state index contributed by atoms with van der Waals surface area (Å²) < 4.78 is 21.7. The van der Waals surface area contributed by atoms with Crippen LogP contribution in [0.5, 0.6) is 0 Å². The van der Waals surface area contributed by atoms with Gasteiger partial charge in [0.1, 0.15) is 5.82 Å². The molecule has 0 amide bonds. The lowest BCUT2D eigenvalue weighted by atomic mass is 10.5. The Morgan fingerprint density at radius 1 is 1.64 bits per heavy atom.